The SMILES string of the molecule is [B]c1cnn2c(NC3CCN(C(=O)C4CCCO4)CC3)cc(-c3ccccc3O)nc12. The third-order valence-corrected chi connectivity index (χ3v) is 6.04. The summed E-state index contributed by atoms with van der Waals surface area (Å²) in [5.74, 6) is 1.03. The number of amides is 1. The van der Waals surface area contributed by atoms with Crippen LogP contribution in [-0.4, -0.2) is 70.2 Å². The van der Waals surface area contributed by atoms with Crippen molar-refractivity contribution < 1.29 is 14.6 Å². The van der Waals surface area contributed by atoms with Crippen molar-refractivity contribution in [1.82, 2.24) is 19.5 Å². The number of nitrogens with zero attached hydrogens (tertiary/aromatic N) is 4. The molecule has 2 fully saturated rings. The molecule has 31 heavy (non-hydrogen) atoms. The second kappa shape index (κ2) is 8.22. The highest BCUT2D eigenvalue weighted by molar-refractivity contribution is 6.36. The van der Waals surface area contributed by atoms with Gasteiger partial charge in [0, 0.05) is 43.6 Å². The maximum absolute atomic E-state index is 12.6. The summed E-state index contributed by atoms with van der Waals surface area (Å²) in [6.45, 7) is 2.06. The minimum atomic E-state index is -0.266. The molecule has 0 bridgehead atoms. The van der Waals surface area contributed by atoms with Gasteiger partial charge in [-0.3, -0.25) is 4.79 Å². The van der Waals surface area contributed by atoms with Crippen LogP contribution in [0.1, 0.15) is 25.7 Å². The summed E-state index contributed by atoms with van der Waals surface area (Å²) in [5.41, 5.74) is 2.25. The van der Waals surface area contributed by atoms with Gasteiger partial charge < -0.3 is 20.1 Å². The zero-order valence-corrected chi connectivity index (χ0v) is 17.2. The van der Waals surface area contributed by atoms with Gasteiger partial charge in [0.05, 0.1) is 5.69 Å². The minimum absolute atomic E-state index is 0.115. The number of aromatic nitrogens is 3. The molecule has 2 aliphatic rings. The van der Waals surface area contributed by atoms with Gasteiger partial charge in [0.2, 0.25) is 0 Å². The van der Waals surface area contributed by atoms with E-state index < -0.39 is 0 Å². The molecule has 1 aromatic carbocycles. The number of rotatable bonds is 4. The number of likely N-dealkylation sites (tertiary alicyclic amines) is 1. The van der Waals surface area contributed by atoms with Crippen LogP contribution in [0.25, 0.3) is 16.9 Å². The van der Waals surface area contributed by atoms with E-state index in [2.05, 4.69) is 15.4 Å². The number of phenolic OH excluding ortho intramolecular Hbond substituents is 1. The molecule has 158 valence electrons. The van der Waals surface area contributed by atoms with Gasteiger partial charge in [0.15, 0.2) is 5.65 Å². The van der Waals surface area contributed by atoms with E-state index in [1.165, 1.54) is 0 Å². The maximum Gasteiger partial charge on any atom is 0.251 e. The average Bonchev–Trinajstić information content (AvgIpc) is 3.45. The van der Waals surface area contributed by atoms with Crippen LogP contribution in [-0.2, 0) is 9.53 Å². The van der Waals surface area contributed by atoms with Crippen molar-refractivity contribution in [3.05, 3.63) is 36.5 Å². The molecule has 0 saturated carbocycles. The van der Waals surface area contributed by atoms with Gasteiger partial charge in [0.1, 0.15) is 25.5 Å². The fourth-order valence-electron chi connectivity index (χ4n) is 4.34. The van der Waals surface area contributed by atoms with Gasteiger partial charge in [-0.15, -0.1) is 0 Å². The molecule has 0 aliphatic carbocycles. The Morgan fingerprint density at radius 2 is 2.03 bits per heavy atom. The molecule has 4 heterocycles. The Balaban J connectivity index is 1.36. The van der Waals surface area contributed by atoms with Crippen molar-refractivity contribution in [3.8, 4) is 17.0 Å². The molecule has 3 aromatic rings. The number of aromatic hydroxyl groups is 1. The fraction of sp³-hybridized carbons (Fsp3) is 0.409. The largest absolute Gasteiger partial charge is 0.507 e. The van der Waals surface area contributed by atoms with Crippen LogP contribution >= 0.6 is 0 Å². The lowest BCUT2D eigenvalue weighted by molar-refractivity contribution is -0.141. The Morgan fingerprint density at radius 1 is 1.23 bits per heavy atom. The van der Waals surface area contributed by atoms with Gasteiger partial charge in [-0.1, -0.05) is 12.1 Å². The van der Waals surface area contributed by atoms with Crippen molar-refractivity contribution in [2.45, 2.75) is 37.8 Å². The summed E-state index contributed by atoms with van der Waals surface area (Å²) < 4.78 is 7.23. The number of carbonyl (C=O) groups is 1. The lowest BCUT2D eigenvalue weighted by Gasteiger charge is -2.34. The standard InChI is InChI=1S/C22H24BN5O3/c23-16-13-24-28-20(12-17(26-21(16)28)15-4-1-2-5-18(15)29)25-14-7-9-27(10-8-14)22(30)19-6-3-11-31-19/h1-2,4-5,12-14,19,25,29H,3,6-11H2. The van der Waals surface area contributed by atoms with Crippen molar-refractivity contribution in [2.24, 2.45) is 0 Å². The van der Waals surface area contributed by atoms with Crippen LogP contribution in [0.15, 0.2) is 36.5 Å². The van der Waals surface area contributed by atoms with E-state index in [0.717, 1.165) is 31.5 Å². The van der Waals surface area contributed by atoms with Crippen molar-refractivity contribution in [1.29, 1.82) is 0 Å². The number of para-hydroxylation sites is 1. The quantitative estimate of drug-likeness (QED) is 0.625. The fourth-order valence-corrected chi connectivity index (χ4v) is 4.34. The summed E-state index contributed by atoms with van der Waals surface area (Å²) in [4.78, 5) is 19.1. The molecule has 1 unspecified atom stereocenters. The number of benzene rings is 1. The second-order valence-corrected chi connectivity index (χ2v) is 8.12. The molecule has 2 radical (unpaired) electrons. The first-order valence-corrected chi connectivity index (χ1v) is 10.7. The van der Waals surface area contributed by atoms with Gasteiger partial charge >= 0.3 is 0 Å². The summed E-state index contributed by atoms with van der Waals surface area (Å²) >= 11 is 0. The molecule has 0 spiro atoms. The summed E-state index contributed by atoms with van der Waals surface area (Å²) in [7, 11) is 6.08. The second-order valence-electron chi connectivity index (χ2n) is 8.12. The van der Waals surface area contributed by atoms with E-state index in [-0.39, 0.29) is 23.8 Å². The Labute approximate surface area is 181 Å². The highest BCUT2D eigenvalue weighted by atomic mass is 16.5. The molecule has 2 N–H and O–H groups in total. The highest BCUT2D eigenvalue weighted by Crippen LogP contribution is 2.30. The monoisotopic (exact) mass is 417 g/mol. The van der Waals surface area contributed by atoms with E-state index in [9.17, 15) is 9.90 Å². The molecule has 2 aromatic heterocycles. The Kier molecular flexibility index (Phi) is 5.27. The molecule has 9 heteroatoms. The zero-order valence-electron chi connectivity index (χ0n) is 17.2. The minimum Gasteiger partial charge on any atom is -0.507 e. The van der Waals surface area contributed by atoms with Gasteiger partial charge in [0.25, 0.3) is 5.91 Å². The van der Waals surface area contributed by atoms with Crippen LogP contribution in [0, 0.1) is 0 Å². The predicted molar refractivity (Wildman–Crippen MR) is 118 cm³/mol. The first-order chi connectivity index (χ1) is 15.1. The number of carbonyl (C=O) groups excluding carboxylic acids is 1. The van der Waals surface area contributed by atoms with E-state index in [1.54, 1.807) is 22.8 Å². The number of nitrogens with one attached hydrogen (secondary N) is 1. The van der Waals surface area contributed by atoms with Crippen LogP contribution in [0.4, 0.5) is 5.82 Å². The molecule has 1 atom stereocenters. The van der Waals surface area contributed by atoms with E-state index in [4.69, 9.17) is 12.6 Å². The number of hydrogen-bond acceptors (Lipinski definition) is 6. The normalized spacial score (nSPS) is 19.7. The number of ether oxygens (including phenoxy) is 1. The number of fused-ring (bicyclic) bond motifs is 1. The summed E-state index contributed by atoms with van der Waals surface area (Å²) in [5, 5.41) is 18.2. The third-order valence-electron chi connectivity index (χ3n) is 6.04. The topological polar surface area (TPSA) is 92.0 Å². The van der Waals surface area contributed by atoms with Gasteiger partial charge in [-0.2, -0.15) is 9.61 Å². The summed E-state index contributed by atoms with van der Waals surface area (Å²) in [6, 6.07) is 9.14. The van der Waals surface area contributed by atoms with Crippen LogP contribution < -0.4 is 10.8 Å². The molecule has 1 amide bonds. The zero-order chi connectivity index (χ0) is 21.4. The Hall–Kier alpha value is -3.07. The van der Waals surface area contributed by atoms with Crippen LogP contribution in [0.2, 0.25) is 0 Å². The molecule has 2 aliphatic heterocycles. The van der Waals surface area contributed by atoms with Crippen molar-refractivity contribution in [2.75, 3.05) is 25.0 Å². The lowest BCUT2D eigenvalue weighted by atomic mass is 10.0. The van der Waals surface area contributed by atoms with Crippen LogP contribution in [0.3, 0.4) is 0 Å². The number of anilines is 1. The number of piperidine rings is 1. The van der Waals surface area contributed by atoms with E-state index in [0.29, 0.717) is 42.1 Å². The smallest absolute Gasteiger partial charge is 0.251 e. The number of hydrogen-bond donors (Lipinski definition) is 2. The van der Waals surface area contributed by atoms with Gasteiger partial charge in [-0.25, -0.2) is 4.98 Å². The van der Waals surface area contributed by atoms with Crippen LogP contribution in [0.5, 0.6) is 5.75 Å². The Bertz CT molecular complexity index is 1100. The molecule has 8 nitrogen and oxygen atoms in total. The average molecular weight is 417 g/mol. The highest BCUT2D eigenvalue weighted by Gasteiger charge is 2.31. The molecule has 2 saturated heterocycles. The Morgan fingerprint density at radius 3 is 2.77 bits per heavy atom. The first-order valence-electron chi connectivity index (χ1n) is 10.7. The lowest BCUT2D eigenvalue weighted by Crippen LogP contribution is -2.46. The van der Waals surface area contributed by atoms with Crippen molar-refractivity contribution in [3.63, 3.8) is 0 Å². The summed E-state index contributed by atoms with van der Waals surface area (Å²) in [6.07, 6.45) is 4.74. The van der Waals surface area contributed by atoms with E-state index in [1.807, 2.05) is 23.1 Å². The third kappa shape index (κ3) is 3.85. The predicted octanol–water partition coefficient (Wildman–Crippen LogP) is 1.48. The van der Waals surface area contributed by atoms with E-state index >= 15 is 0 Å². The molecular weight excluding hydrogens is 393 g/mol. The van der Waals surface area contributed by atoms with Gasteiger partial charge in [-0.05, 0) is 43.3 Å². The van der Waals surface area contributed by atoms with Crippen molar-refractivity contribution >= 4 is 30.7 Å². The molecular formula is C22H24BN5O3. The first kappa shape index (κ1) is 19.9. The number of phenols is 1. The maximum atomic E-state index is 12.6. The molecule has 5 rings (SSSR count).